The molecule has 1 amide bonds. The van der Waals surface area contributed by atoms with Crippen molar-refractivity contribution in [3.05, 3.63) is 77.0 Å². The summed E-state index contributed by atoms with van der Waals surface area (Å²) in [6.45, 7) is 1.24. The molecule has 7 nitrogen and oxygen atoms in total. The second kappa shape index (κ2) is 7.81. The van der Waals surface area contributed by atoms with Crippen molar-refractivity contribution in [1.29, 1.82) is 0 Å². The Hall–Kier alpha value is -3.58. The van der Waals surface area contributed by atoms with Crippen LogP contribution in [0.15, 0.2) is 65.8 Å². The summed E-state index contributed by atoms with van der Waals surface area (Å²) in [7, 11) is 3.88. The van der Waals surface area contributed by atoms with Gasteiger partial charge in [0.2, 0.25) is 0 Å². The number of amides is 1. The summed E-state index contributed by atoms with van der Waals surface area (Å²) in [6.07, 6.45) is 5.08. The van der Waals surface area contributed by atoms with Crippen LogP contribution in [0.4, 0.5) is 0 Å². The van der Waals surface area contributed by atoms with E-state index in [-0.39, 0.29) is 11.5 Å². The van der Waals surface area contributed by atoms with Crippen LogP contribution in [0, 0.1) is 0 Å². The zero-order valence-corrected chi connectivity index (χ0v) is 16.3. The molecule has 7 heteroatoms. The van der Waals surface area contributed by atoms with Crippen molar-refractivity contribution in [1.82, 2.24) is 24.6 Å². The molecule has 0 unspecified atom stereocenters. The molecular formula is C22H21N5O2. The average molecular weight is 387 g/mol. The zero-order chi connectivity index (χ0) is 20.4. The van der Waals surface area contributed by atoms with Gasteiger partial charge in [0.1, 0.15) is 0 Å². The first kappa shape index (κ1) is 18.8. The van der Waals surface area contributed by atoms with E-state index < -0.39 is 0 Å². The number of fused-ring (bicyclic) bond motifs is 2. The van der Waals surface area contributed by atoms with Gasteiger partial charge in [-0.25, -0.2) is 4.98 Å². The van der Waals surface area contributed by atoms with E-state index in [0.717, 1.165) is 17.7 Å². The highest BCUT2D eigenvalue weighted by Crippen LogP contribution is 2.22. The van der Waals surface area contributed by atoms with Gasteiger partial charge in [0.25, 0.3) is 11.5 Å². The van der Waals surface area contributed by atoms with Gasteiger partial charge >= 0.3 is 0 Å². The van der Waals surface area contributed by atoms with Crippen LogP contribution in [0.1, 0.15) is 10.4 Å². The monoisotopic (exact) mass is 387 g/mol. The van der Waals surface area contributed by atoms with Gasteiger partial charge in [0, 0.05) is 31.7 Å². The Morgan fingerprint density at radius 1 is 1.10 bits per heavy atom. The third kappa shape index (κ3) is 3.72. The molecule has 0 radical (unpaired) electrons. The predicted octanol–water partition coefficient (Wildman–Crippen LogP) is 2.20. The number of carbonyl (C=O) groups excluding carboxylic acids is 1. The molecule has 0 atom stereocenters. The molecule has 3 heterocycles. The number of likely N-dealkylation sites (N-methyl/N-ethyl adjacent to an activating group) is 1. The normalized spacial score (nSPS) is 11.3. The SMILES string of the molecule is CN(C)CCNC(=O)c1cccn2c(=O)c3ccc(-c4ccncc4)cc3nc12. The lowest BCUT2D eigenvalue weighted by atomic mass is 10.1. The molecule has 0 aliphatic rings. The first-order valence-electron chi connectivity index (χ1n) is 9.33. The van der Waals surface area contributed by atoms with Crippen molar-refractivity contribution in [3.8, 4) is 11.1 Å². The van der Waals surface area contributed by atoms with Crippen molar-refractivity contribution in [3.63, 3.8) is 0 Å². The highest BCUT2D eigenvalue weighted by molar-refractivity contribution is 6.00. The Bertz CT molecular complexity index is 1250. The van der Waals surface area contributed by atoms with Crippen LogP contribution in [0.2, 0.25) is 0 Å². The quantitative estimate of drug-likeness (QED) is 0.531. The van der Waals surface area contributed by atoms with Gasteiger partial charge in [0.05, 0.1) is 16.5 Å². The number of hydrogen-bond donors (Lipinski definition) is 1. The van der Waals surface area contributed by atoms with E-state index in [0.29, 0.717) is 28.7 Å². The standard InChI is InChI=1S/C22H21N5O2/c1-26(2)13-11-24-21(28)18-4-3-12-27-20(18)25-19-14-16(5-6-17(19)22(27)29)15-7-9-23-10-8-15/h3-10,12,14H,11,13H2,1-2H3,(H,24,28). The van der Waals surface area contributed by atoms with Crippen LogP contribution in [-0.4, -0.2) is 52.4 Å². The molecular weight excluding hydrogens is 366 g/mol. The Labute approximate surface area is 167 Å². The molecule has 29 heavy (non-hydrogen) atoms. The third-order valence-electron chi connectivity index (χ3n) is 4.74. The van der Waals surface area contributed by atoms with Gasteiger partial charge in [-0.1, -0.05) is 6.07 Å². The van der Waals surface area contributed by atoms with Crippen molar-refractivity contribution >= 4 is 22.5 Å². The lowest BCUT2D eigenvalue weighted by Gasteiger charge is -2.12. The highest BCUT2D eigenvalue weighted by Gasteiger charge is 2.14. The molecule has 0 saturated carbocycles. The van der Waals surface area contributed by atoms with Gasteiger partial charge in [-0.15, -0.1) is 0 Å². The van der Waals surface area contributed by atoms with E-state index in [4.69, 9.17) is 0 Å². The Kier molecular flexibility index (Phi) is 5.05. The van der Waals surface area contributed by atoms with Crippen molar-refractivity contribution in [2.24, 2.45) is 0 Å². The molecule has 0 aliphatic heterocycles. The fourth-order valence-corrected chi connectivity index (χ4v) is 3.22. The van der Waals surface area contributed by atoms with Gasteiger partial charge in [-0.3, -0.25) is 19.0 Å². The first-order chi connectivity index (χ1) is 14.0. The minimum Gasteiger partial charge on any atom is -0.351 e. The Morgan fingerprint density at radius 3 is 2.66 bits per heavy atom. The van der Waals surface area contributed by atoms with Crippen LogP contribution in [-0.2, 0) is 0 Å². The van der Waals surface area contributed by atoms with Crippen LogP contribution in [0.3, 0.4) is 0 Å². The molecule has 0 saturated heterocycles. The molecule has 4 aromatic rings. The first-order valence-corrected chi connectivity index (χ1v) is 9.33. The Morgan fingerprint density at radius 2 is 1.90 bits per heavy atom. The third-order valence-corrected chi connectivity index (χ3v) is 4.74. The molecule has 1 aromatic carbocycles. The van der Waals surface area contributed by atoms with Crippen LogP contribution < -0.4 is 10.9 Å². The summed E-state index contributed by atoms with van der Waals surface area (Å²) in [6, 6.07) is 12.7. The second-order valence-corrected chi connectivity index (χ2v) is 7.06. The van der Waals surface area contributed by atoms with E-state index in [9.17, 15) is 9.59 Å². The summed E-state index contributed by atoms with van der Waals surface area (Å²) in [5.41, 5.74) is 2.99. The van der Waals surface area contributed by atoms with E-state index in [1.807, 2.05) is 43.3 Å². The zero-order valence-electron chi connectivity index (χ0n) is 16.3. The molecule has 146 valence electrons. The molecule has 1 N–H and O–H groups in total. The molecule has 0 fully saturated rings. The van der Waals surface area contributed by atoms with Gasteiger partial charge in [-0.2, -0.15) is 0 Å². The minimum atomic E-state index is -0.249. The predicted molar refractivity (Wildman–Crippen MR) is 113 cm³/mol. The van der Waals surface area contributed by atoms with Gasteiger partial charge in [-0.05, 0) is 61.6 Å². The molecule has 3 aromatic heterocycles. The van der Waals surface area contributed by atoms with Crippen molar-refractivity contribution < 1.29 is 4.79 Å². The number of carbonyl (C=O) groups is 1. The summed E-state index contributed by atoms with van der Waals surface area (Å²) >= 11 is 0. The number of aromatic nitrogens is 3. The van der Waals surface area contributed by atoms with Gasteiger partial charge < -0.3 is 10.2 Å². The Balaban J connectivity index is 1.82. The number of nitrogens with zero attached hydrogens (tertiary/aromatic N) is 4. The number of pyridine rings is 2. The average Bonchev–Trinajstić information content (AvgIpc) is 2.73. The van der Waals surface area contributed by atoms with E-state index >= 15 is 0 Å². The number of nitrogens with one attached hydrogen (secondary N) is 1. The maximum Gasteiger partial charge on any atom is 0.265 e. The number of hydrogen-bond acceptors (Lipinski definition) is 5. The fraction of sp³-hybridized carbons (Fsp3) is 0.182. The van der Waals surface area contributed by atoms with Crippen molar-refractivity contribution in [2.75, 3.05) is 27.2 Å². The summed E-state index contributed by atoms with van der Waals surface area (Å²) in [5, 5.41) is 3.39. The van der Waals surface area contributed by atoms with E-state index in [1.54, 1.807) is 36.8 Å². The van der Waals surface area contributed by atoms with E-state index in [2.05, 4.69) is 15.3 Å². The summed E-state index contributed by atoms with van der Waals surface area (Å²) in [5.74, 6) is -0.249. The van der Waals surface area contributed by atoms with E-state index in [1.165, 1.54) is 4.40 Å². The summed E-state index contributed by atoms with van der Waals surface area (Å²) in [4.78, 5) is 36.4. The fourth-order valence-electron chi connectivity index (χ4n) is 3.22. The molecule has 0 aliphatic carbocycles. The minimum absolute atomic E-state index is 0.200. The lowest BCUT2D eigenvalue weighted by Crippen LogP contribution is -2.32. The number of benzene rings is 1. The second-order valence-electron chi connectivity index (χ2n) is 7.06. The topological polar surface area (TPSA) is 79.6 Å². The lowest BCUT2D eigenvalue weighted by molar-refractivity contribution is 0.0952. The maximum atomic E-state index is 13.0. The summed E-state index contributed by atoms with van der Waals surface area (Å²) < 4.78 is 1.43. The molecule has 4 rings (SSSR count). The maximum absolute atomic E-state index is 13.0. The number of rotatable bonds is 5. The van der Waals surface area contributed by atoms with Crippen molar-refractivity contribution in [2.45, 2.75) is 0 Å². The largest absolute Gasteiger partial charge is 0.351 e. The smallest absolute Gasteiger partial charge is 0.265 e. The molecule has 0 spiro atoms. The van der Waals surface area contributed by atoms with Crippen LogP contribution >= 0.6 is 0 Å². The molecule has 0 bridgehead atoms. The highest BCUT2D eigenvalue weighted by atomic mass is 16.2. The van der Waals surface area contributed by atoms with Crippen LogP contribution in [0.25, 0.3) is 27.7 Å². The van der Waals surface area contributed by atoms with Crippen LogP contribution in [0.5, 0.6) is 0 Å². The van der Waals surface area contributed by atoms with Gasteiger partial charge in [0.15, 0.2) is 5.65 Å².